The van der Waals surface area contributed by atoms with E-state index < -0.39 is 11.8 Å². The van der Waals surface area contributed by atoms with Crippen LogP contribution in [0.2, 0.25) is 0 Å². The number of H-pyrrole nitrogens is 1. The molecule has 2 aliphatic rings. The second-order valence-corrected chi connectivity index (χ2v) is 14.9. The zero-order valence-electron chi connectivity index (χ0n) is 33.3. The number of carbonyl (C=O) groups excluding carboxylic acids is 2. The van der Waals surface area contributed by atoms with Crippen LogP contribution in [0.5, 0.6) is 11.5 Å². The highest BCUT2D eigenvalue weighted by Gasteiger charge is 2.22. The number of ether oxygens (including phenoxy) is 2. The number of benzene rings is 2. The van der Waals surface area contributed by atoms with E-state index in [2.05, 4.69) is 27.8 Å². The van der Waals surface area contributed by atoms with E-state index in [1.165, 1.54) is 70.6 Å². The number of aryl methyl sites for hydroxylation is 2. The van der Waals surface area contributed by atoms with Gasteiger partial charge in [0.2, 0.25) is 0 Å². The number of hydrogen-bond donors (Lipinski definition) is 3. The molecule has 3 N–H and O–H groups in total. The van der Waals surface area contributed by atoms with E-state index in [0.717, 1.165) is 40.6 Å². The Morgan fingerprint density at radius 1 is 0.733 bits per heavy atom. The summed E-state index contributed by atoms with van der Waals surface area (Å²) in [4.78, 5) is 25.0. The van der Waals surface area contributed by atoms with Crippen LogP contribution in [-0.2, 0) is 0 Å². The molecule has 4 aromatic heterocycles. The molecule has 0 aliphatic heterocycles. The second kappa shape index (κ2) is 22.3. The lowest BCUT2D eigenvalue weighted by molar-refractivity contribution is -0.614. The number of carbonyl (C=O) groups is 2. The highest BCUT2D eigenvalue weighted by molar-refractivity contribution is 6.05. The van der Waals surface area contributed by atoms with Gasteiger partial charge in [0.25, 0.3) is 11.4 Å². The van der Waals surface area contributed by atoms with Gasteiger partial charge in [-0.1, -0.05) is 80.6 Å². The normalized spacial score (nSPS) is 13.8. The molecule has 324 valence electrons. The molecule has 2 saturated carbocycles. The Balaban J connectivity index is 0.000000269. The quantitative estimate of drug-likeness (QED) is 0.105. The topological polar surface area (TPSA) is 177 Å². The molecule has 0 atom stereocenters. The van der Waals surface area contributed by atoms with E-state index in [0.29, 0.717) is 49.8 Å². The third-order valence-electron chi connectivity index (χ3n) is 10.7. The summed E-state index contributed by atoms with van der Waals surface area (Å²) in [6.07, 6.45) is 17.2. The van der Waals surface area contributed by atoms with Crippen LogP contribution in [0.3, 0.4) is 0 Å². The van der Waals surface area contributed by atoms with Crippen molar-refractivity contribution in [1.29, 1.82) is 0 Å². The Kier molecular flexibility index (Phi) is 17.9. The maximum Gasteiger partial charge on any atom is 0.321 e. The molecule has 0 unspecified atom stereocenters. The van der Waals surface area contributed by atoms with Gasteiger partial charge in [-0.25, -0.2) is 0 Å². The van der Waals surface area contributed by atoms with Crippen LogP contribution in [0.1, 0.15) is 132 Å². The number of nitrogens with one attached hydrogen (secondary N) is 3. The van der Waals surface area contributed by atoms with Crippen molar-refractivity contribution in [2.75, 3.05) is 24.9 Å². The van der Waals surface area contributed by atoms with Crippen molar-refractivity contribution in [3.8, 4) is 11.5 Å². The monoisotopic (exact) mass is 824 g/mol. The number of hydrogen-bond acceptors (Lipinski definition) is 8. The smallest absolute Gasteiger partial charge is 0.321 e. The number of anilines is 2. The molecule has 4 heterocycles. The number of amides is 2. The number of pyridine rings is 2. The summed E-state index contributed by atoms with van der Waals surface area (Å²) in [6.45, 7) is 5.66. The van der Waals surface area contributed by atoms with E-state index in [9.17, 15) is 20.0 Å². The van der Waals surface area contributed by atoms with Crippen molar-refractivity contribution >= 4 is 45.0 Å². The Morgan fingerprint density at radius 2 is 1.23 bits per heavy atom. The van der Waals surface area contributed by atoms with Crippen LogP contribution >= 0.6 is 0 Å². The van der Waals surface area contributed by atoms with Crippen LogP contribution in [0.4, 0.5) is 11.4 Å². The van der Waals surface area contributed by atoms with Crippen molar-refractivity contribution in [2.45, 2.75) is 113 Å². The molecule has 0 saturated heterocycles. The Bertz CT molecular complexity index is 2330. The SMILES string of the molecule is C.C.C.CC1CCCCC1.COc1cc2[nH]ncc2cc1NC(=O)c1cccc(C)[n+]1[O-].COc1cc2nn(C3CCCCC3)cc2cc1NC(=O)c1cccc(C)[n+]1[O-]. The van der Waals surface area contributed by atoms with Gasteiger partial charge >= 0.3 is 11.8 Å². The molecule has 14 nitrogen and oxygen atoms in total. The summed E-state index contributed by atoms with van der Waals surface area (Å²) in [5.74, 6) is 1.06. The summed E-state index contributed by atoms with van der Waals surface area (Å²) >= 11 is 0. The van der Waals surface area contributed by atoms with Gasteiger partial charge in [-0.2, -0.15) is 19.7 Å². The van der Waals surface area contributed by atoms with Crippen molar-refractivity contribution < 1.29 is 28.5 Å². The van der Waals surface area contributed by atoms with E-state index in [-0.39, 0.29) is 33.7 Å². The van der Waals surface area contributed by atoms with Crippen molar-refractivity contribution in [2.24, 2.45) is 5.92 Å². The molecule has 60 heavy (non-hydrogen) atoms. The number of methoxy groups -OCH3 is 2. The lowest BCUT2D eigenvalue weighted by atomic mass is 9.91. The molecule has 2 fully saturated rings. The highest BCUT2D eigenvalue weighted by Crippen LogP contribution is 2.34. The molecule has 0 radical (unpaired) electrons. The molecule has 0 bridgehead atoms. The first kappa shape index (κ1) is 48.2. The zero-order chi connectivity index (χ0) is 40.5. The van der Waals surface area contributed by atoms with Crippen LogP contribution in [0, 0.1) is 30.2 Å². The molecule has 2 aliphatic carbocycles. The first-order valence-electron chi connectivity index (χ1n) is 19.6. The number of aromatic amines is 1. The van der Waals surface area contributed by atoms with Crippen LogP contribution in [0.25, 0.3) is 21.8 Å². The van der Waals surface area contributed by atoms with Gasteiger partial charge in [0, 0.05) is 67.2 Å². The Hall–Kier alpha value is -6.18. The van der Waals surface area contributed by atoms with Crippen molar-refractivity contribution in [3.05, 3.63) is 106 Å². The number of rotatable bonds is 7. The number of aromatic nitrogens is 6. The molecule has 14 heteroatoms. The van der Waals surface area contributed by atoms with E-state index in [1.807, 2.05) is 23.0 Å². The summed E-state index contributed by atoms with van der Waals surface area (Å²) < 4.78 is 14.0. The molecule has 6 aromatic rings. The van der Waals surface area contributed by atoms with Crippen LogP contribution in [-0.4, -0.2) is 46.0 Å². The third kappa shape index (κ3) is 11.5. The van der Waals surface area contributed by atoms with Crippen LogP contribution < -0.4 is 29.6 Å². The lowest BCUT2D eigenvalue weighted by Crippen LogP contribution is -2.39. The van der Waals surface area contributed by atoms with Gasteiger partial charge in [-0.15, -0.1) is 0 Å². The van der Waals surface area contributed by atoms with E-state index >= 15 is 0 Å². The first-order valence-corrected chi connectivity index (χ1v) is 19.6. The predicted molar refractivity (Wildman–Crippen MR) is 240 cm³/mol. The average Bonchev–Trinajstić information content (AvgIpc) is 3.87. The van der Waals surface area contributed by atoms with Gasteiger partial charge in [-0.05, 0) is 43.0 Å². The predicted octanol–water partition coefficient (Wildman–Crippen LogP) is 10.0. The second-order valence-electron chi connectivity index (χ2n) is 14.9. The molecule has 2 aromatic carbocycles. The molecule has 0 spiro atoms. The molecular weight excluding hydrogens is 761 g/mol. The summed E-state index contributed by atoms with van der Waals surface area (Å²) in [6, 6.07) is 17.2. The van der Waals surface area contributed by atoms with Gasteiger partial charge in [0.05, 0.1) is 48.9 Å². The average molecular weight is 825 g/mol. The van der Waals surface area contributed by atoms with Gasteiger partial charge in [0.1, 0.15) is 11.5 Å². The van der Waals surface area contributed by atoms with Crippen molar-refractivity contribution in [3.63, 3.8) is 0 Å². The zero-order valence-corrected chi connectivity index (χ0v) is 33.3. The minimum absolute atomic E-state index is 0. The fourth-order valence-electron chi connectivity index (χ4n) is 7.33. The molecule has 2 amide bonds. The highest BCUT2D eigenvalue weighted by atomic mass is 16.5. The Morgan fingerprint density at radius 3 is 1.73 bits per heavy atom. The largest absolute Gasteiger partial charge is 0.618 e. The van der Waals surface area contributed by atoms with Gasteiger partial charge in [0.15, 0.2) is 11.4 Å². The standard InChI is InChI=1S/C21H24N4O3.C15H14N4O3.C7H14.3CH4/c1-14-7-6-10-19(25(14)27)21(26)22-18-11-15-13-24(16-8-4-3-5-9-16)23-17(15)12-20(18)28-2;1-9-4-3-5-13(19(9)21)15(20)17-12-6-10-8-16-18-11(10)7-14(12)22-2;1-7-5-3-2-4-6-7;;;/h6-7,10-13,16H,3-5,8-9H2,1-2H3,(H,22,26);3-8H,1-2H3,(H,16,18)(H,17,20);7H,2-6H2,1H3;3*1H4. The fraction of sp³-hybridized carbons (Fsp3) is 0.435. The summed E-state index contributed by atoms with van der Waals surface area (Å²) in [5.41, 5.74) is 3.59. The summed E-state index contributed by atoms with van der Waals surface area (Å²) in [5, 5.41) is 42.8. The summed E-state index contributed by atoms with van der Waals surface area (Å²) in [7, 11) is 3.06. The number of fused-ring (bicyclic) bond motifs is 2. The maximum atomic E-state index is 12.6. The first-order chi connectivity index (χ1) is 27.6. The van der Waals surface area contributed by atoms with Crippen molar-refractivity contribution in [1.82, 2.24) is 20.0 Å². The van der Waals surface area contributed by atoms with Crippen LogP contribution in [0.15, 0.2) is 73.1 Å². The Labute approximate surface area is 354 Å². The molecule has 8 rings (SSSR count). The lowest BCUT2D eigenvalue weighted by Gasteiger charge is -2.21. The fourth-order valence-corrected chi connectivity index (χ4v) is 7.33. The maximum absolute atomic E-state index is 12.6. The van der Waals surface area contributed by atoms with Gasteiger partial charge in [-0.3, -0.25) is 19.4 Å². The molecular formula is C46H64N8O6. The van der Waals surface area contributed by atoms with E-state index in [1.54, 1.807) is 63.6 Å². The van der Waals surface area contributed by atoms with E-state index in [4.69, 9.17) is 14.6 Å². The third-order valence-corrected chi connectivity index (χ3v) is 10.7. The number of nitrogens with zero attached hydrogens (tertiary/aromatic N) is 5. The minimum Gasteiger partial charge on any atom is -0.618 e. The minimum atomic E-state index is -0.500. The van der Waals surface area contributed by atoms with Gasteiger partial charge < -0.3 is 30.5 Å².